The number of benzene rings is 2. The maximum atomic E-state index is 13.5. The Morgan fingerprint density at radius 3 is 2.62 bits per heavy atom. The van der Waals surface area contributed by atoms with Crippen LogP contribution in [0.15, 0.2) is 42.5 Å². The van der Waals surface area contributed by atoms with Crippen LogP contribution < -0.4 is 10.0 Å². The van der Waals surface area contributed by atoms with E-state index in [0.717, 1.165) is 11.8 Å². The predicted molar refractivity (Wildman–Crippen MR) is 80.3 cm³/mol. The van der Waals surface area contributed by atoms with Crippen LogP contribution in [0.25, 0.3) is 0 Å². The molecule has 0 aromatic heterocycles. The van der Waals surface area contributed by atoms with Crippen molar-refractivity contribution in [2.24, 2.45) is 0 Å². The van der Waals surface area contributed by atoms with Gasteiger partial charge in [-0.3, -0.25) is 4.72 Å². The Morgan fingerprint density at radius 1 is 1.19 bits per heavy atom. The molecular formula is C14H15FN2O3S. The third-order valence-corrected chi connectivity index (χ3v) is 3.26. The molecule has 21 heavy (non-hydrogen) atoms. The minimum Gasteiger partial charge on any atom is -0.508 e. The molecule has 0 radical (unpaired) electrons. The van der Waals surface area contributed by atoms with E-state index < -0.39 is 15.8 Å². The molecule has 0 spiro atoms. The SMILES string of the molecule is CS(=O)(=O)Nc1cc(NCc2cccc(O)c2)ccc1F. The predicted octanol–water partition coefficient (Wildman–Crippen LogP) is 2.51. The summed E-state index contributed by atoms with van der Waals surface area (Å²) in [5.74, 6) is -0.490. The van der Waals surface area contributed by atoms with Crippen LogP contribution in [0, 0.1) is 5.82 Å². The van der Waals surface area contributed by atoms with Crippen molar-refractivity contribution in [2.75, 3.05) is 16.3 Å². The molecule has 0 aliphatic carbocycles. The average Bonchev–Trinajstić information content (AvgIpc) is 2.38. The van der Waals surface area contributed by atoms with Crippen molar-refractivity contribution in [3.8, 4) is 5.75 Å². The largest absolute Gasteiger partial charge is 0.508 e. The molecule has 3 N–H and O–H groups in total. The highest BCUT2D eigenvalue weighted by Gasteiger charge is 2.08. The van der Waals surface area contributed by atoms with Gasteiger partial charge in [-0.15, -0.1) is 0 Å². The fourth-order valence-electron chi connectivity index (χ4n) is 1.78. The lowest BCUT2D eigenvalue weighted by molar-refractivity contribution is 0.474. The third-order valence-electron chi connectivity index (χ3n) is 2.67. The van der Waals surface area contributed by atoms with Gasteiger partial charge in [0, 0.05) is 12.2 Å². The molecule has 112 valence electrons. The first-order chi connectivity index (χ1) is 9.83. The zero-order chi connectivity index (χ0) is 15.5. The number of phenols is 1. The molecule has 2 aromatic carbocycles. The van der Waals surface area contributed by atoms with E-state index in [9.17, 15) is 17.9 Å². The first-order valence-electron chi connectivity index (χ1n) is 6.12. The van der Waals surface area contributed by atoms with Crippen LogP contribution in [0.5, 0.6) is 5.75 Å². The fraction of sp³-hybridized carbons (Fsp3) is 0.143. The zero-order valence-electron chi connectivity index (χ0n) is 11.3. The highest BCUT2D eigenvalue weighted by atomic mass is 32.2. The molecule has 0 aliphatic heterocycles. The van der Waals surface area contributed by atoms with Crippen LogP contribution in [0.1, 0.15) is 5.56 Å². The van der Waals surface area contributed by atoms with Gasteiger partial charge in [-0.25, -0.2) is 12.8 Å². The van der Waals surface area contributed by atoms with E-state index >= 15 is 0 Å². The van der Waals surface area contributed by atoms with Crippen molar-refractivity contribution in [2.45, 2.75) is 6.54 Å². The molecule has 2 rings (SSSR count). The Balaban J connectivity index is 2.12. The van der Waals surface area contributed by atoms with Gasteiger partial charge in [-0.1, -0.05) is 12.1 Å². The quantitative estimate of drug-likeness (QED) is 0.793. The number of rotatable bonds is 5. The topological polar surface area (TPSA) is 78.4 Å². The first-order valence-corrected chi connectivity index (χ1v) is 8.02. The van der Waals surface area contributed by atoms with E-state index in [2.05, 4.69) is 10.0 Å². The van der Waals surface area contributed by atoms with Crippen LogP contribution in [0.3, 0.4) is 0 Å². The molecule has 0 unspecified atom stereocenters. The van der Waals surface area contributed by atoms with Gasteiger partial charge in [0.05, 0.1) is 11.9 Å². The number of hydrogen-bond donors (Lipinski definition) is 3. The van der Waals surface area contributed by atoms with E-state index in [0.29, 0.717) is 12.2 Å². The van der Waals surface area contributed by atoms with Crippen LogP contribution in [0.2, 0.25) is 0 Å². The summed E-state index contributed by atoms with van der Waals surface area (Å²) in [6.07, 6.45) is 0.958. The number of halogens is 1. The molecule has 0 saturated carbocycles. The van der Waals surface area contributed by atoms with Crippen molar-refractivity contribution in [3.63, 3.8) is 0 Å². The molecule has 0 heterocycles. The average molecular weight is 310 g/mol. The highest BCUT2D eigenvalue weighted by Crippen LogP contribution is 2.21. The molecule has 0 amide bonds. The lowest BCUT2D eigenvalue weighted by Crippen LogP contribution is -2.11. The number of hydrogen-bond acceptors (Lipinski definition) is 4. The van der Waals surface area contributed by atoms with Crippen LogP contribution >= 0.6 is 0 Å². The summed E-state index contributed by atoms with van der Waals surface area (Å²) in [5, 5.41) is 12.4. The summed E-state index contributed by atoms with van der Waals surface area (Å²) in [6.45, 7) is 0.415. The second-order valence-corrected chi connectivity index (χ2v) is 6.34. The molecule has 2 aromatic rings. The minimum atomic E-state index is -3.54. The summed E-state index contributed by atoms with van der Waals surface area (Å²) < 4.78 is 38.0. The summed E-state index contributed by atoms with van der Waals surface area (Å²) in [6, 6.07) is 10.8. The van der Waals surface area contributed by atoms with Crippen molar-refractivity contribution >= 4 is 21.4 Å². The van der Waals surface area contributed by atoms with E-state index in [1.807, 2.05) is 6.07 Å². The highest BCUT2D eigenvalue weighted by molar-refractivity contribution is 7.92. The molecule has 7 heteroatoms. The normalized spacial score (nSPS) is 11.1. The maximum absolute atomic E-state index is 13.5. The molecule has 5 nitrogen and oxygen atoms in total. The van der Waals surface area contributed by atoms with Gasteiger partial charge < -0.3 is 10.4 Å². The number of phenolic OH excluding ortho intramolecular Hbond substituents is 1. The summed E-state index contributed by atoms with van der Waals surface area (Å²) >= 11 is 0. The fourth-order valence-corrected chi connectivity index (χ4v) is 2.34. The van der Waals surface area contributed by atoms with Gasteiger partial charge in [0.2, 0.25) is 10.0 Å². The maximum Gasteiger partial charge on any atom is 0.229 e. The standard InChI is InChI=1S/C14H15FN2O3S/c1-21(19,20)17-14-8-11(5-6-13(14)15)16-9-10-3-2-4-12(18)7-10/h2-8,16-18H,9H2,1H3. The molecule has 0 bridgehead atoms. The Kier molecular flexibility index (Phi) is 4.32. The Bertz CT molecular complexity index is 748. The monoisotopic (exact) mass is 310 g/mol. The van der Waals surface area contributed by atoms with Gasteiger partial charge in [0.1, 0.15) is 11.6 Å². The van der Waals surface area contributed by atoms with Gasteiger partial charge in [-0.05, 0) is 35.9 Å². The lowest BCUT2D eigenvalue weighted by atomic mass is 10.2. The van der Waals surface area contributed by atoms with Crippen molar-refractivity contribution in [3.05, 3.63) is 53.8 Å². The van der Waals surface area contributed by atoms with Gasteiger partial charge >= 0.3 is 0 Å². The molecular weight excluding hydrogens is 295 g/mol. The second-order valence-electron chi connectivity index (χ2n) is 4.59. The summed E-state index contributed by atoms with van der Waals surface area (Å²) in [7, 11) is -3.54. The first kappa shape index (κ1) is 15.1. The Hall–Kier alpha value is -2.28. The third kappa shape index (κ3) is 4.64. The van der Waals surface area contributed by atoms with E-state index in [1.54, 1.807) is 18.2 Å². The minimum absolute atomic E-state index is 0.113. The van der Waals surface area contributed by atoms with Gasteiger partial charge in [-0.2, -0.15) is 0 Å². The zero-order valence-corrected chi connectivity index (χ0v) is 12.1. The van der Waals surface area contributed by atoms with Gasteiger partial charge in [0.25, 0.3) is 0 Å². The van der Waals surface area contributed by atoms with E-state index in [4.69, 9.17) is 0 Å². The second kappa shape index (κ2) is 6.01. The number of nitrogens with one attached hydrogen (secondary N) is 2. The molecule has 0 atom stereocenters. The van der Waals surface area contributed by atoms with E-state index in [1.165, 1.54) is 18.2 Å². The lowest BCUT2D eigenvalue weighted by Gasteiger charge is -2.10. The number of aromatic hydroxyl groups is 1. The Morgan fingerprint density at radius 2 is 1.95 bits per heavy atom. The molecule has 0 aliphatic rings. The van der Waals surface area contributed by atoms with Crippen molar-refractivity contribution < 1.29 is 17.9 Å². The summed E-state index contributed by atoms with van der Waals surface area (Å²) in [4.78, 5) is 0. The van der Waals surface area contributed by atoms with Crippen LogP contribution in [-0.4, -0.2) is 19.8 Å². The van der Waals surface area contributed by atoms with Crippen molar-refractivity contribution in [1.29, 1.82) is 0 Å². The van der Waals surface area contributed by atoms with Crippen LogP contribution in [0.4, 0.5) is 15.8 Å². The Labute approximate surface area is 122 Å². The van der Waals surface area contributed by atoms with E-state index in [-0.39, 0.29) is 11.4 Å². The number of anilines is 2. The van der Waals surface area contributed by atoms with Gasteiger partial charge in [0.15, 0.2) is 0 Å². The molecule has 0 fully saturated rings. The van der Waals surface area contributed by atoms with Crippen LogP contribution in [-0.2, 0) is 16.6 Å². The summed E-state index contributed by atoms with van der Waals surface area (Å²) in [5.41, 5.74) is 1.29. The smallest absolute Gasteiger partial charge is 0.229 e. The number of sulfonamides is 1. The molecule has 0 saturated heterocycles. The van der Waals surface area contributed by atoms with Crippen molar-refractivity contribution in [1.82, 2.24) is 0 Å².